The highest BCUT2D eigenvalue weighted by molar-refractivity contribution is 5.83. The van der Waals surface area contributed by atoms with Gasteiger partial charge in [-0.25, -0.2) is 5.43 Å². The van der Waals surface area contributed by atoms with Crippen molar-refractivity contribution in [3.05, 3.63) is 69.8 Å². The predicted molar refractivity (Wildman–Crippen MR) is 104 cm³/mol. The van der Waals surface area contributed by atoms with Crippen molar-refractivity contribution in [2.45, 2.75) is 32.6 Å². The minimum atomic E-state index is -0.475. The van der Waals surface area contributed by atoms with Gasteiger partial charge in [0.2, 0.25) is 0 Å². The second-order valence-corrected chi connectivity index (χ2v) is 6.19. The Morgan fingerprint density at radius 3 is 2.48 bits per heavy atom. The monoisotopic (exact) mass is 369 g/mol. The van der Waals surface area contributed by atoms with E-state index in [2.05, 4.69) is 24.4 Å². The maximum absolute atomic E-state index is 11.8. The van der Waals surface area contributed by atoms with E-state index in [-0.39, 0.29) is 12.3 Å². The number of carbonyl (C=O) groups excluding carboxylic acids is 1. The molecule has 2 rings (SSSR count). The molecule has 1 atom stereocenters. The Balaban J connectivity index is 1.78. The molecule has 0 aliphatic heterocycles. The normalized spacial score (nSPS) is 11.9. The number of hydrazone groups is 1. The fraction of sp³-hybridized carbons (Fsp3) is 0.300. The van der Waals surface area contributed by atoms with Gasteiger partial charge < -0.3 is 4.74 Å². The van der Waals surface area contributed by atoms with Gasteiger partial charge in [0.05, 0.1) is 11.1 Å². The SMILES string of the molecule is CCC[C@@H](C)c1ccc(OCC(=O)N/N=C\c2ccc([N+](=O)[O-])cc2)cc1. The van der Waals surface area contributed by atoms with Crippen LogP contribution in [0.15, 0.2) is 53.6 Å². The minimum absolute atomic E-state index is 0.000285. The number of rotatable bonds is 9. The van der Waals surface area contributed by atoms with Crippen molar-refractivity contribution < 1.29 is 14.5 Å². The second kappa shape index (κ2) is 10.1. The molecule has 0 aliphatic rings. The summed E-state index contributed by atoms with van der Waals surface area (Å²) < 4.78 is 5.45. The van der Waals surface area contributed by atoms with E-state index in [1.807, 2.05) is 24.3 Å². The molecule has 0 bridgehead atoms. The number of ether oxygens (including phenoxy) is 1. The molecule has 142 valence electrons. The molecule has 27 heavy (non-hydrogen) atoms. The molecule has 0 radical (unpaired) electrons. The Kier molecular flexibility index (Phi) is 7.49. The third-order valence-corrected chi connectivity index (χ3v) is 4.05. The standard InChI is InChI=1S/C20H23N3O4/c1-3-4-15(2)17-7-11-19(12-8-17)27-14-20(24)22-21-13-16-5-9-18(10-6-16)23(25)26/h5-13,15H,3-4,14H2,1-2H3,(H,22,24)/b21-13-/t15-/m1/s1. The van der Waals surface area contributed by atoms with Crippen LogP contribution in [0.25, 0.3) is 0 Å². The average Bonchev–Trinajstić information content (AvgIpc) is 2.67. The summed E-state index contributed by atoms with van der Waals surface area (Å²) in [6, 6.07) is 13.6. The molecule has 2 aromatic rings. The highest BCUT2D eigenvalue weighted by Crippen LogP contribution is 2.22. The number of nitrogens with zero attached hydrogens (tertiary/aromatic N) is 2. The van der Waals surface area contributed by atoms with Crippen molar-refractivity contribution >= 4 is 17.8 Å². The Bertz CT molecular complexity index is 786. The van der Waals surface area contributed by atoms with E-state index in [1.54, 1.807) is 12.1 Å². The summed E-state index contributed by atoms with van der Waals surface area (Å²) in [5.74, 6) is 0.731. The van der Waals surface area contributed by atoms with Crippen LogP contribution in [0.4, 0.5) is 5.69 Å². The summed E-state index contributed by atoms with van der Waals surface area (Å²) in [7, 11) is 0. The van der Waals surface area contributed by atoms with Crippen LogP contribution < -0.4 is 10.2 Å². The molecule has 2 aromatic carbocycles. The van der Waals surface area contributed by atoms with Crippen LogP contribution in [0.5, 0.6) is 5.75 Å². The fourth-order valence-electron chi connectivity index (χ4n) is 2.53. The number of nitro benzene ring substituents is 1. The third-order valence-electron chi connectivity index (χ3n) is 4.05. The van der Waals surface area contributed by atoms with E-state index in [0.717, 1.165) is 12.8 Å². The van der Waals surface area contributed by atoms with Crippen molar-refractivity contribution in [3.63, 3.8) is 0 Å². The van der Waals surface area contributed by atoms with Gasteiger partial charge in [-0.1, -0.05) is 32.4 Å². The molecule has 0 fully saturated rings. The van der Waals surface area contributed by atoms with Crippen LogP contribution in [-0.2, 0) is 4.79 Å². The lowest BCUT2D eigenvalue weighted by atomic mass is 9.97. The summed E-state index contributed by atoms with van der Waals surface area (Å²) in [5.41, 5.74) is 4.25. The van der Waals surface area contributed by atoms with E-state index in [0.29, 0.717) is 17.2 Å². The van der Waals surface area contributed by atoms with Gasteiger partial charge in [-0.05, 0) is 47.7 Å². The molecule has 0 heterocycles. The molecule has 0 unspecified atom stereocenters. The van der Waals surface area contributed by atoms with E-state index in [4.69, 9.17) is 4.74 Å². The quantitative estimate of drug-likeness (QED) is 0.410. The highest BCUT2D eigenvalue weighted by Gasteiger charge is 2.06. The van der Waals surface area contributed by atoms with Gasteiger partial charge in [0.25, 0.3) is 11.6 Å². The first kappa shape index (κ1) is 20.1. The lowest BCUT2D eigenvalue weighted by Crippen LogP contribution is -2.24. The maximum Gasteiger partial charge on any atom is 0.277 e. The molecular formula is C20H23N3O4. The largest absolute Gasteiger partial charge is 0.484 e. The predicted octanol–water partition coefficient (Wildman–Crippen LogP) is 4.03. The Morgan fingerprint density at radius 2 is 1.89 bits per heavy atom. The number of benzene rings is 2. The van der Waals surface area contributed by atoms with E-state index in [9.17, 15) is 14.9 Å². The summed E-state index contributed by atoms with van der Waals surface area (Å²) >= 11 is 0. The van der Waals surface area contributed by atoms with Gasteiger partial charge in [0.1, 0.15) is 5.75 Å². The van der Waals surface area contributed by atoms with Crippen LogP contribution in [0.1, 0.15) is 43.7 Å². The molecule has 0 aliphatic carbocycles. The topological polar surface area (TPSA) is 93.8 Å². The van der Waals surface area contributed by atoms with E-state index in [1.165, 1.54) is 23.9 Å². The van der Waals surface area contributed by atoms with Gasteiger partial charge in [-0.2, -0.15) is 5.10 Å². The molecule has 7 heteroatoms. The van der Waals surface area contributed by atoms with Crippen molar-refractivity contribution in [1.82, 2.24) is 5.43 Å². The van der Waals surface area contributed by atoms with E-state index >= 15 is 0 Å². The molecule has 7 nitrogen and oxygen atoms in total. The number of hydrogen-bond acceptors (Lipinski definition) is 5. The van der Waals surface area contributed by atoms with Gasteiger partial charge in [0.15, 0.2) is 6.61 Å². The average molecular weight is 369 g/mol. The molecule has 1 amide bonds. The number of non-ortho nitro benzene ring substituents is 1. The zero-order valence-corrected chi connectivity index (χ0v) is 15.4. The van der Waals surface area contributed by atoms with Crippen molar-refractivity contribution in [1.29, 1.82) is 0 Å². The van der Waals surface area contributed by atoms with E-state index < -0.39 is 10.8 Å². The van der Waals surface area contributed by atoms with Crippen LogP contribution in [0.3, 0.4) is 0 Å². The van der Waals surface area contributed by atoms with Crippen LogP contribution in [-0.4, -0.2) is 23.7 Å². The molecule has 1 N–H and O–H groups in total. The van der Waals surface area contributed by atoms with Crippen LogP contribution in [0.2, 0.25) is 0 Å². The summed E-state index contributed by atoms with van der Waals surface area (Å²) in [4.78, 5) is 21.9. The number of carbonyl (C=O) groups is 1. The number of hydrogen-bond donors (Lipinski definition) is 1. The van der Waals surface area contributed by atoms with Gasteiger partial charge >= 0.3 is 0 Å². The molecular weight excluding hydrogens is 346 g/mol. The smallest absolute Gasteiger partial charge is 0.277 e. The minimum Gasteiger partial charge on any atom is -0.484 e. The molecule has 0 aromatic heterocycles. The first-order valence-electron chi connectivity index (χ1n) is 8.78. The van der Waals surface area contributed by atoms with Crippen molar-refractivity contribution in [3.8, 4) is 5.75 Å². The molecule has 0 saturated heterocycles. The van der Waals surface area contributed by atoms with Gasteiger partial charge in [-0.3, -0.25) is 14.9 Å². The first-order valence-corrected chi connectivity index (χ1v) is 8.78. The van der Waals surface area contributed by atoms with Crippen molar-refractivity contribution in [2.24, 2.45) is 5.10 Å². The Hall–Kier alpha value is -3.22. The summed E-state index contributed by atoms with van der Waals surface area (Å²) in [6.45, 7) is 4.20. The fourth-order valence-corrected chi connectivity index (χ4v) is 2.53. The Labute approximate surface area is 158 Å². The maximum atomic E-state index is 11.8. The number of nitrogens with one attached hydrogen (secondary N) is 1. The third kappa shape index (κ3) is 6.54. The Morgan fingerprint density at radius 1 is 1.22 bits per heavy atom. The van der Waals surface area contributed by atoms with Crippen molar-refractivity contribution in [2.75, 3.05) is 6.61 Å². The van der Waals surface area contributed by atoms with Crippen LogP contribution >= 0.6 is 0 Å². The molecule has 0 spiro atoms. The highest BCUT2D eigenvalue weighted by atomic mass is 16.6. The number of nitro groups is 1. The van der Waals surface area contributed by atoms with Gasteiger partial charge in [0, 0.05) is 12.1 Å². The van der Waals surface area contributed by atoms with Crippen LogP contribution in [0, 0.1) is 10.1 Å². The first-order chi connectivity index (χ1) is 13.0. The zero-order valence-electron chi connectivity index (χ0n) is 15.4. The summed E-state index contributed by atoms with van der Waals surface area (Å²) in [5, 5.41) is 14.4. The number of amides is 1. The lowest BCUT2D eigenvalue weighted by Gasteiger charge is -2.11. The zero-order chi connectivity index (χ0) is 19.6. The molecule has 0 saturated carbocycles. The van der Waals surface area contributed by atoms with Gasteiger partial charge in [-0.15, -0.1) is 0 Å². The lowest BCUT2D eigenvalue weighted by molar-refractivity contribution is -0.384. The summed E-state index contributed by atoms with van der Waals surface area (Å²) in [6.07, 6.45) is 3.68. The second-order valence-electron chi connectivity index (χ2n) is 6.19.